The molecule has 2 N–H and O–H groups in total. The highest BCUT2D eigenvalue weighted by atomic mass is 16.5. The van der Waals surface area contributed by atoms with Crippen molar-refractivity contribution in [3.63, 3.8) is 0 Å². The molecule has 1 aromatic carbocycles. The largest absolute Gasteiger partial charge is 0.508 e. The summed E-state index contributed by atoms with van der Waals surface area (Å²) in [6.45, 7) is 5.33. The number of rotatable bonds is 4. The van der Waals surface area contributed by atoms with Gasteiger partial charge in [-0.3, -0.25) is 0 Å². The van der Waals surface area contributed by atoms with Crippen molar-refractivity contribution in [3.8, 4) is 5.75 Å². The summed E-state index contributed by atoms with van der Waals surface area (Å²) in [5.41, 5.74) is 1.44. The molecule has 0 spiro atoms. The van der Waals surface area contributed by atoms with Crippen LogP contribution in [-0.4, -0.2) is 29.4 Å². The van der Waals surface area contributed by atoms with Crippen molar-refractivity contribution in [1.82, 2.24) is 0 Å². The van der Waals surface area contributed by atoms with E-state index < -0.39 is 12.1 Å². The Morgan fingerprint density at radius 1 is 1.53 bits per heavy atom. The number of methoxy groups -OCH3 is 1. The van der Waals surface area contributed by atoms with Crippen molar-refractivity contribution in [2.45, 2.75) is 19.4 Å². The topological polar surface area (TPSA) is 66.8 Å². The number of aromatic hydroxyl groups is 1. The van der Waals surface area contributed by atoms with Gasteiger partial charge in [0, 0.05) is 6.42 Å². The molecule has 4 heteroatoms. The smallest absolute Gasteiger partial charge is 0.337 e. The number of ether oxygens (including phenoxy) is 1. The number of carbonyl (C=O) groups excluding carboxylic acids is 1. The van der Waals surface area contributed by atoms with E-state index >= 15 is 0 Å². The molecule has 0 unspecified atom stereocenters. The number of carbonyl (C=O) groups is 1. The maximum Gasteiger partial charge on any atom is 0.337 e. The van der Waals surface area contributed by atoms with Gasteiger partial charge in [-0.05, 0) is 30.7 Å². The Balaban J connectivity index is 2.98. The van der Waals surface area contributed by atoms with Crippen LogP contribution in [0.4, 0.5) is 0 Å². The van der Waals surface area contributed by atoms with E-state index in [4.69, 9.17) is 0 Å². The number of esters is 1. The van der Waals surface area contributed by atoms with Crippen LogP contribution in [0.15, 0.2) is 30.4 Å². The Bertz CT molecular complexity index is 437. The molecule has 1 atom stereocenters. The Kier molecular flexibility index (Phi) is 4.29. The summed E-state index contributed by atoms with van der Waals surface area (Å²) in [6, 6.07) is 4.39. The zero-order valence-electron chi connectivity index (χ0n) is 9.93. The van der Waals surface area contributed by atoms with Crippen molar-refractivity contribution in [1.29, 1.82) is 0 Å². The minimum Gasteiger partial charge on any atom is -0.508 e. The Hall–Kier alpha value is -1.81. The molecule has 0 aliphatic rings. The van der Waals surface area contributed by atoms with E-state index in [0.29, 0.717) is 16.7 Å². The minimum absolute atomic E-state index is 0.0398. The highest BCUT2D eigenvalue weighted by Gasteiger charge is 2.13. The van der Waals surface area contributed by atoms with E-state index in [1.165, 1.54) is 25.3 Å². The molecular weight excluding hydrogens is 220 g/mol. The summed E-state index contributed by atoms with van der Waals surface area (Å²) in [7, 11) is 1.29. The molecule has 1 aromatic rings. The first kappa shape index (κ1) is 13.3. The Morgan fingerprint density at radius 2 is 2.18 bits per heavy atom. The summed E-state index contributed by atoms with van der Waals surface area (Å²) >= 11 is 0. The van der Waals surface area contributed by atoms with Crippen LogP contribution in [0.5, 0.6) is 5.75 Å². The summed E-state index contributed by atoms with van der Waals surface area (Å²) < 4.78 is 4.58. The van der Waals surface area contributed by atoms with Crippen LogP contribution in [0, 0.1) is 0 Å². The molecule has 1 rings (SSSR count). The van der Waals surface area contributed by atoms with Crippen molar-refractivity contribution < 1.29 is 19.7 Å². The molecule has 0 aliphatic heterocycles. The van der Waals surface area contributed by atoms with Crippen LogP contribution in [0.2, 0.25) is 0 Å². The fourth-order valence-electron chi connectivity index (χ4n) is 1.38. The van der Waals surface area contributed by atoms with Crippen LogP contribution in [0.25, 0.3) is 0 Å². The van der Waals surface area contributed by atoms with Crippen LogP contribution in [0.1, 0.15) is 22.8 Å². The van der Waals surface area contributed by atoms with Crippen molar-refractivity contribution in [2.75, 3.05) is 7.11 Å². The highest BCUT2D eigenvalue weighted by Crippen LogP contribution is 2.21. The maximum absolute atomic E-state index is 11.3. The van der Waals surface area contributed by atoms with E-state index in [0.717, 1.165) is 0 Å². The third-order valence-electron chi connectivity index (χ3n) is 2.48. The van der Waals surface area contributed by atoms with Crippen molar-refractivity contribution in [3.05, 3.63) is 41.5 Å². The van der Waals surface area contributed by atoms with Gasteiger partial charge in [-0.1, -0.05) is 12.2 Å². The molecule has 92 valence electrons. The maximum atomic E-state index is 11.3. The fourth-order valence-corrected chi connectivity index (χ4v) is 1.38. The number of phenolic OH excluding ortho intramolecular Hbond substituents is 1. The standard InChI is InChI=1S/C13H16O4/c1-8(2)12(15)7-10-6-9(13(16)17-3)4-5-11(10)14/h4-6,12,14-15H,1,7H2,2-3H3/t12-/m1/s1. The van der Waals surface area contributed by atoms with E-state index in [2.05, 4.69) is 11.3 Å². The molecular formula is C13H16O4. The molecule has 17 heavy (non-hydrogen) atoms. The lowest BCUT2D eigenvalue weighted by molar-refractivity contribution is 0.0600. The summed E-state index contributed by atoms with van der Waals surface area (Å²) in [5.74, 6) is -0.436. The highest BCUT2D eigenvalue weighted by molar-refractivity contribution is 5.89. The van der Waals surface area contributed by atoms with Crippen molar-refractivity contribution in [2.24, 2.45) is 0 Å². The summed E-state index contributed by atoms with van der Waals surface area (Å²) in [6.07, 6.45) is -0.528. The zero-order valence-corrected chi connectivity index (χ0v) is 9.93. The molecule has 0 bridgehead atoms. The average molecular weight is 236 g/mol. The van der Waals surface area contributed by atoms with E-state index in [1.54, 1.807) is 6.92 Å². The number of benzene rings is 1. The zero-order chi connectivity index (χ0) is 13.0. The number of hydrogen-bond donors (Lipinski definition) is 2. The van der Waals surface area contributed by atoms with Gasteiger partial charge in [-0.2, -0.15) is 0 Å². The lowest BCUT2D eigenvalue weighted by Gasteiger charge is -2.12. The first-order valence-corrected chi connectivity index (χ1v) is 5.19. The molecule has 0 heterocycles. The average Bonchev–Trinajstić information content (AvgIpc) is 2.30. The first-order chi connectivity index (χ1) is 7.95. The molecule has 0 fully saturated rings. The van der Waals surface area contributed by atoms with Gasteiger partial charge in [-0.25, -0.2) is 4.79 Å². The number of hydrogen-bond acceptors (Lipinski definition) is 4. The number of aliphatic hydroxyl groups is 1. The molecule has 0 aromatic heterocycles. The molecule has 0 saturated heterocycles. The van der Waals surface area contributed by atoms with E-state index in [-0.39, 0.29) is 12.2 Å². The molecule has 0 amide bonds. The van der Waals surface area contributed by atoms with E-state index in [1.807, 2.05) is 0 Å². The van der Waals surface area contributed by atoms with Crippen LogP contribution in [0.3, 0.4) is 0 Å². The van der Waals surface area contributed by atoms with Gasteiger partial charge in [0.25, 0.3) is 0 Å². The van der Waals surface area contributed by atoms with Gasteiger partial charge >= 0.3 is 5.97 Å². The third-order valence-corrected chi connectivity index (χ3v) is 2.48. The summed E-state index contributed by atoms with van der Waals surface area (Å²) in [4.78, 5) is 11.3. The van der Waals surface area contributed by atoms with Crippen LogP contribution >= 0.6 is 0 Å². The van der Waals surface area contributed by atoms with Gasteiger partial charge in [0.15, 0.2) is 0 Å². The van der Waals surface area contributed by atoms with Gasteiger partial charge in [0.05, 0.1) is 18.8 Å². The van der Waals surface area contributed by atoms with Gasteiger partial charge in [0.2, 0.25) is 0 Å². The van der Waals surface area contributed by atoms with Gasteiger partial charge in [0.1, 0.15) is 5.75 Å². The molecule has 0 aliphatic carbocycles. The summed E-state index contributed by atoms with van der Waals surface area (Å²) in [5, 5.41) is 19.3. The minimum atomic E-state index is -0.742. The molecule has 4 nitrogen and oxygen atoms in total. The monoisotopic (exact) mass is 236 g/mol. The van der Waals surface area contributed by atoms with Crippen molar-refractivity contribution >= 4 is 5.97 Å². The third kappa shape index (κ3) is 3.32. The van der Waals surface area contributed by atoms with E-state index in [9.17, 15) is 15.0 Å². The Morgan fingerprint density at radius 3 is 2.71 bits per heavy atom. The van der Waals surface area contributed by atoms with Crippen LogP contribution < -0.4 is 0 Å². The number of phenols is 1. The second-order valence-electron chi connectivity index (χ2n) is 3.90. The van der Waals surface area contributed by atoms with Gasteiger partial charge < -0.3 is 14.9 Å². The van der Waals surface area contributed by atoms with Gasteiger partial charge in [-0.15, -0.1) is 0 Å². The SMILES string of the molecule is C=C(C)[C@H](O)Cc1cc(C(=O)OC)ccc1O. The molecule has 0 saturated carbocycles. The Labute approximate surface area is 100 Å². The lowest BCUT2D eigenvalue weighted by Crippen LogP contribution is -2.12. The second-order valence-corrected chi connectivity index (χ2v) is 3.90. The fraction of sp³-hybridized carbons (Fsp3) is 0.308. The normalized spacial score (nSPS) is 11.9. The quantitative estimate of drug-likeness (QED) is 0.616. The molecule has 0 radical (unpaired) electrons. The predicted octanol–water partition coefficient (Wildman–Crippen LogP) is 1.66. The predicted molar refractivity (Wildman–Crippen MR) is 64.0 cm³/mol. The first-order valence-electron chi connectivity index (χ1n) is 5.19. The van der Waals surface area contributed by atoms with Crippen LogP contribution in [-0.2, 0) is 11.2 Å². The lowest BCUT2D eigenvalue weighted by atomic mass is 10.0. The second kappa shape index (κ2) is 5.50. The number of aliphatic hydroxyl groups excluding tert-OH is 1.